The molecule has 3 heterocycles. The van der Waals surface area contributed by atoms with Crippen molar-refractivity contribution in [1.29, 1.82) is 0 Å². The second kappa shape index (κ2) is 6.88. The zero-order valence-electron chi connectivity index (χ0n) is 14.4. The molecule has 1 saturated heterocycles. The molecule has 0 spiro atoms. The minimum Gasteiger partial charge on any atom is -0.336 e. The maximum Gasteiger partial charge on any atom is 0.324 e. The van der Waals surface area contributed by atoms with E-state index in [-0.39, 0.29) is 11.5 Å². The summed E-state index contributed by atoms with van der Waals surface area (Å²) in [6.45, 7) is 2.46. The molecule has 4 rings (SSSR count). The number of urea groups is 1. The molecule has 3 amide bonds. The van der Waals surface area contributed by atoms with Crippen LogP contribution in [0.3, 0.4) is 0 Å². The van der Waals surface area contributed by atoms with Crippen molar-refractivity contribution >= 4 is 34.7 Å². The van der Waals surface area contributed by atoms with Crippen molar-refractivity contribution in [3.63, 3.8) is 0 Å². The third-order valence-electron chi connectivity index (χ3n) is 4.18. The Kier molecular flexibility index (Phi) is 4.40. The Bertz CT molecular complexity index is 1080. The molecule has 1 aromatic carbocycles. The highest BCUT2D eigenvalue weighted by atomic mass is 32.2. The van der Waals surface area contributed by atoms with Gasteiger partial charge in [0.1, 0.15) is 5.39 Å². The van der Waals surface area contributed by atoms with E-state index in [2.05, 4.69) is 20.4 Å². The van der Waals surface area contributed by atoms with Crippen molar-refractivity contribution in [3.8, 4) is 5.69 Å². The number of thioether (sulfide) groups is 1. The molecule has 1 aliphatic rings. The predicted molar refractivity (Wildman–Crippen MR) is 99.9 cm³/mol. The molecule has 1 atom stereocenters. The molecule has 10 heteroatoms. The molecule has 1 unspecified atom stereocenters. The van der Waals surface area contributed by atoms with Gasteiger partial charge in [-0.15, -0.1) is 0 Å². The lowest BCUT2D eigenvalue weighted by molar-refractivity contribution is -0.126. The Labute approximate surface area is 157 Å². The molecule has 138 valence electrons. The van der Waals surface area contributed by atoms with Crippen LogP contribution in [0, 0.1) is 0 Å². The number of carbonyl (C=O) groups is 2. The number of nitrogens with zero attached hydrogens (tertiary/aromatic N) is 4. The summed E-state index contributed by atoms with van der Waals surface area (Å²) in [6.07, 6.45) is 1.46. The maximum absolute atomic E-state index is 12.5. The molecule has 1 aliphatic heterocycles. The number of aromatic amines is 1. The Morgan fingerprint density at radius 2 is 2.04 bits per heavy atom. The first-order chi connectivity index (χ1) is 13.0. The van der Waals surface area contributed by atoms with Crippen LogP contribution in [-0.2, 0) is 4.79 Å². The molecule has 2 N–H and O–H groups in total. The van der Waals surface area contributed by atoms with Gasteiger partial charge in [-0.3, -0.25) is 14.5 Å². The number of hydrogen-bond acceptors (Lipinski definition) is 6. The minimum atomic E-state index is -0.581. The number of hydrogen-bond donors (Lipinski definition) is 2. The van der Waals surface area contributed by atoms with Gasteiger partial charge in [0, 0.05) is 13.1 Å². The van der Waals surface area contributed by atoms with Crippen LogP contribution in [0.25, 0.3) is 16.7 Å². The van der Waals surface area contributed by atoms with Gasteiger partial charge in [0.25, 0.3) is 5.56 Å². The number of nitrogens with one attached hydrogen (secondary N) is 2. The standard InChI is InChI=1S/C17H16N6O3S/c1-10(15(25)22-8-7-18-17(22)26)27-16-20-13-12(14(24)21-16)9-19-23(13)11-5-3-2-4-6-11/h2-6,9-10H,7-8H2,1H3,(H,18,26)(H,20,21,24). The summed E-state index contributed by atoms with van der Waals surface area (Å²) in [5.41, 5.74) is 0.855. The van der Waals surface area contributed by atoms with Gasteiger partial charge in [-0.1, -0.05) is 30.0 Å². The molecule has 0 saturated carbocycles. The SMILES string of the molecule is CC(Sc1nc2c(cnn2-c2ccccc2)c(=O)[nH]1)C(=O)N1CCNC1=O. The maximum atomic E-state index is 12.5. The summed E-state index contributed by atoms with van der Waals surface area (Å²) in [4.78, 5) is 44.8. The van der Waals surface area contributed by atoms with Gasteiger partial charge in [-0.2, -0.15) is 5.10 Å². The number of rotatable bonds is 4. The third-order valence-corrected chi connectivity index (χ3v) is 5.15. The van der Waals surface area contributed by atoms with Crippen LogP contribution in [0.15, 0.2) is 46.5 Å². The second-order valence-electron chi connectivity index (χ2n) is 5.98. The summed E-state index contributed by atoms with van der Waals surface area (Å²) < 4.78 is 1.58. The molecular weight excluding hydrogens is 368 g/mol. The number of fused-ring (bicyclic) bond motifs is 1. The van der Waals surface area contributed by atoms with Gasteiger partial charge in [-0.05, 0) is 19.1 Å². The quantitative estimate of drug-likeness (QED) is 0.515. The number of aromatic nitrogens is 4. The molecule has 27 heavy (non-hydrogen) atoms. The van der Waals surface area contributed by atoms with E-state index in [1.807, 2.05) is 30.3 Å². The fourth-order valence-corrected chi connectivity index (χ4v) is 3.69. The molecule has 1 fully saturated rings. The van der Waals surface area contributed by atoms with Crippen LogP contribution in [0.5, 0.6) is 0 Å². The van der Waals surface area contributed by atoms with Gasteiger partial charge in [-0.25, -0.2) is 14.5 Å². The number of H-pyrrole nitrogens is 1. The van der Waals surface area contributed by atoms with Gasteiger partial charge < -0.3 is 10.3 Å². The summed E-state index contributed by atoms with van der Waals surface area (Å²) in [7, 11) is 0. The van der Waals surface area contributed by atoms with Crippen LogP contribution < -0.4 is 10.9 Å². The molecule has 2 aromatic heterocycles. The van der Waals surface area contributed by atoms with Gasteiger partial charge >= 0.3 is 6.03 Å². The Balaban J connectivity index is 1.65. The van der Waals surface area contributed by atoms with E-state index in [1.54, 1.807) is 11.6 Å². The lowest BCUT2D eigenvalue weighted by Gasteiger charge is -2.16. The predicted octanol–water partition coefficient (Wildman–Crippen LogP) is 1.14. The van der Waals surface area contributed by atoms with Crippen LogP contribution in [-0.4, -0.2) is 54.9 Å². The van der Waals surface area contributed by atoms with Crippen molar-refractivity contribution in [1.82, 2.24) is 30.0 Å². The van der Waals surface area contributed by atoms with Crippen LogP contribution in [0.2, 0.25) is 0 Å². The molecular formula is C17H16N6O3S. The van der Waals surface area contributed by atoms with E-state index in [0.717, 1.165) is 17.4 Å². The molecule has 0 radical (unpaired) electrons. The fourth-order valence-electron chi connectivity index (χ4n) is 2.83. The first-order valence-corrected chi connectivity index (χ1v) is 9.22. The number of amides is 3. The Morgan fingerprint density at radius 1 is 1.26 bits per heavy atom. The fraction of sp³-hybridized carbons (Fsp3) is 0.235. The number of benzene rings is 1. The van der Waals surface area contributed by atoms with Crippen molar-refractivity contribution in [3.05, 3.63) is 46.9 Å². The molecule has 0 bridgehead atoms. The summed E-state index contributed by atoms with van der Waals surface area (Å²) in [5, 5.41) is 6.93. The lowest BCUT2D eigenvalue weighted by atomic mass is 10.3. The van der Waals surface area contributed by atoms with E-state index >= 15 is 0 Å². The summed E-state index contributed by atoms with van der Waals surface area (Å²) in [5.74, 6) is -0.325. The van der Waals surface area contributed by atoms with Crippen molar-refractivity contribution in [2.45, 2.75) is 17.3 Å². The normalized spacial score (nSPS) is 15.1. The topological polar surface area (TPSA) is 113 Å². The summed E-state index contributed by atoms with van der Waals surface area (Å²) >= 11 is 1.10. The van der Waals surface area contributed by atoms with E-state index in [1.165, 1.54) is 11.1 Å². The average molecular weight is 384 g/mol. The number of imide groups is 1. The summed E-state index contributed by atoms with van der Waals surface area (Å²) in [6, 6.07) is 8.95. The molecule has 0 aliphatic carbocycles. The highest BCUT2D eigenvalue weighted by Crippen LogP contribution is 2.23. The number of para-hydroxylation sites is 1. The van der Waals surface area contributed by atoms with Crippen molar-refractivity contribution in [2.75, 3.05) is 13.1 Å². The molecule has 3 aromatic rings. The monoisotopic (exact) mass is 384 g/mol. The van der Waals surface area contributed by atoms with Crippen LogP contribution >= 0.6 is 11.8 Å². The van der Waals surface area contributed by atoms with Crippen molar-refractivity contribution < 1.29 is 9.59 Å². The van der Waals surface area contributed by atoms with Crippen LogP contribution in [0.4, 0.5) is 4.79 Å². The third kappa shape index (κ3) is 3.19. The van der Waals surface area contributed by atoms with E-state index in [0.29, 0.717) is 29.3 Å². The smallest absolute Gasteiger partial charge is 0.324 e. The lowest BCUT2D eigenvalue weighted by Crippen LogP contribution is -2.39. The highest BCUT2D eigenvalue weighted by molar-refractivity contribution is 8.00. The minimum absolute atomic E-state index is 0.297. The second-order valence-corrected chi connectivity index (χ2v) is 7.31. The van der Waals surface area contributed by atoms with Crippen LogP contribution in [0.1, 0.15) is 6.92 Å². The molecule has 9 nitrogen and oxygen atoms in total. The Morgan fingerprint density at radius 3 is 2.74 bits per heavy atom. The van der Waals surface area contributed by atoms with Gasteiger partial charge in [0.05, 0.1) is 17.1 Å². The average Bonchev–Trinajstić information content (AvgIpc) is 3.28. The zero-order chi connectivity index (χ0) is 19.0. The van der Waals surface area contributed by atoms with Gasteiger partial charge in [0.15, 0.2) is 10.8 Å². The van der Waals surface area contributed by atoms with E-state index < -0.39 is 11.3 Å². The number of carbonyl (C=O) groups excluding carboxylic acids is 2. The zero-order valence-corrected chi connectivity index (χ0v) is 15.2. The Hall–Kier alpha value is -3.14. The van der Waals surface area contributed by atoms with E-state index in [9.17, 15) is 14.4 Å². The van der Waals surface area contributed by atoms with Crippen molar-refractivity contribution in [2.24, 2.45) is 0 Å². The largest absolute Gasteiger partial charge is 0.336 e. The first-order valence-electron chi connectivity index (χ1n) is 8.34. The van der Waals surface area contributed by atoms with E-state index in [4.69, 9.17) is 0 Å². The first kappa shape index (κ1) is 17.3. The highest BCUT2D eigenvalue weighted by Gasteiger charge is 2.30. The van der Waals surface area contributed by atoms with Gasteiger partial charge in [0.2, 0.25) is 5.91 Å².